The number of pyridine rings is 1. The first-order chi connectivity index (χ1) is 8.13. The van der Waals surface area contributed by atoms with E-state index in [2.05, 4.69) is 22.0 Å². The molecule has 2 unspecified atom stereocenters. The summed E-state index contributed by atoms with van der Waals surface area (Å²) < 4.78 is 0. The molecule has 92 valence electrons. The third-order valence-electron chi connectivity index (χ3n) is 3.32. The Hall–Kier alpha value is -1.78. The molecule has 3 N–H and O–H groups in total. The van der Waals surface area contributed by atoms with Crippen LogP contribution >= 0.6 is 0 Å². The Balaban J connectivity index is 2.19. The molecular formula is C12H18N4O. The monoisotopic (exact) mass is 234 g/mol. The van der Waals surface area contributed by atoms with Gasteiger partial charge >= 0.3 is 0 Å². The minimum atomic E-state index is 0.101. The molecule has 1 aromatic heterocycles. The average Bonchev–Trinajstić information content (AvgIpc) is 3.03. The summed E-state index contributed by atoms with van der Waals surface area (Å²) in [5.74, 6) is 2.40. The highest BCUT2D eigenvalue weighted by Gasteiger charge is 2.33. The molecule has 5 nitrogen and oxygen atoms in total. The van der Waals surface area contributed by atoms with Crippen molar-refractivity contribution in [3.05, 3.63) is 23.9 Å². The molecular weight excluding hydrogens is 216 g/mol. The summed E-state index contributed by atoms with van der Waals surface area (Å²) in [7, 11) is 1.99. The second kappa shape index (κ2) is 4.61. The van der Waals surface area contributed by atoms with Crippen LogP contribution < -0.4 is 10.6 Å². The molecule has 2 rings (SSSR count). The van der Waals surface area contributed by atoms with Crippen LogP contribution in [0.1, 0.15) is 18.9 Å². The summed E-state index contributed by atoms with van der Waals surface area (Å²) >= 11 is 0. The highest BCUT2D eigenvalue weighted by molar-refractivity contribution is 6.01. The maximum absolute atomic E-state index is 8.75. The predicted molar refractivity (Wildman–Crippen MR) is 67.3 cm³/mol. The van der Waals surface area contributed by atoms with Gasteiger partial charge in [-0.2, -0.15) is 0 Å². The first-order valence-corrected chi connectivity index (χ1v) is 5.77. The van der Waals surface area contributed by atoms with Crippen molar-refractivity contribution in [1.82, 2.24) is 4.98 Å². The SMILES string of the molecule is CC1CC1CN(C)c1ncccc1C(N)=NO. The Morgan fingerprint density at radius 3 is 3.00 bits per heavy atom. The summed E-state index contributed by atoms with van der Waals surface area (Å²) in [6.45, 7) is 3.21. The Bertz CT molecular complexity index is 432. The van der Waals surface area contributed by atoms with Crippen molar-refractivity contribution in [3.63, 3.8) is 0 Å². The zero-order valence-electron chi connectivity index (χ0n) is 10.2. The lowest BCUT2D eigenvalue weighted by Gasteiger charge is -2.20. The van der Waals surface area contributed by atoms with Gasteiger partial charge in [-0.1, -0.05) is 12.1 Å². The van der Waals surface area contributed by atoms with Gasteiger partial charge in [0.2, 0.25) is 0 Å². The Morgan fingerprint density at radius 2 is 2.41 bits per heavy atom. The van der Waals surface area contributed by atoms with Crippen LogP contribution in [0.25, 0.3) is 0 Å². The second-order valence-electron chi connectivity index (χ2n) is 4.71. The summed E-state index contributed by atoms with van der Waals surface area (Å²) in [5, 5.41) is 11.8. The molecule has 1 aliphatic carbocycles. The van der Waals surface area contributed by atoms with Crippen molar-refractivity contribution in [2.45, 2.75) is 13.3 Å². The van der Waals surface area contributed by atoms with Crippen molar-refractivity contribution in [2.75, 3.05) is 18.5 Å². The molecule has 0 radical (unpaired) electrons. The lowest BCUT2D eigenvalue weighted by molar-refractivity contribution is 0.318. The van der Waals surface area contributed by atoms with E-state index in [1.54, 1.807) is 12.3 Å². The van der Waals surface area contributed by atoms with Crippen molar-refractivity contribution in [2.24, 2.45) is 22.7 Å². The Labute approximate surface area is 101 Å². The number of rotatable bonds is 4. The normalized spacial score (nSPS) is 23.5. The molecule has 0 saturated heterocycles. The van der Waals surface area contributed by atoms with Gasteiger partial charge < -0.3 is 15.8 Å². The van der Waals surface area contributed by atoms with Gasteiger partial charge in [0.15, 0.2) is 5.84 Å². The largest absolute Gasteiger partial charge is 0.409 e. The van der Waals surface area contributed by atoms with Gasteiger partial charge in [-0.3, -0.25) is 0 Å². The molecule has 1 saturated carbocycles. The lowest BCUT2D eigenvalue weighted by atomic mass is 10.2. The molecule has 1 aliphatic rings. The van der Waals surface area contributed by atoms with Gasteiger partial charge in [0.05, 0.1) is 5.56 Å². The number of hydrogen-bond donors (Lipinski definition) is 2. The fourth-order valence-corrected chi connectivity index (χ4v) is 2.05. The fraction of sp³-hybridized carbons (Fsp3) is 0.500. The fourth-order valence-electron chi connectivity index (χ4n) is 2.05. The molecule has 0 aliphatic heterocycles. The van der Waals surface area contributed by atoms with E-state index in [-0.39, 0.29) is 5.84 Å². The summed E-state index contributed by atoms with van der Waals surface area (Å²) in [6, 6.07) is 3.59. The van der Waals surface area contributed by atoms with Gasteiger partial charge in [-0.25, -0.2) is 4.98 Å². The lowest BCUT2D eigenvalue weighted by Crippen LogP contribution is -2.26. The zero-order chi connectivity index (χ0) is 12.4. The highest BCUT2D eigenvalue weighted by Crippen LogP contribution is 2.38. The molecule has 0 spiro atoms. The summed E-state index contributed by atoms with van der Waals surface area (Å²) in [5.41, 5.74) is 6.31. The first kappa shape index (κ1) is 11.7. The van der Waals surface area contributed by atoms with E-state index >= 15 is 0 Å². The van der Waals surface area contributed by atoms with Crippen molar-refractivity contribution >= 4 is 11.7 Å². The first-order valence-electron chi connectivity index (χ1n) is 5.77. The van der Waals surface area contributed by atoms with Crippen LogP contribution in [-0.2, 0) is 0 Å². The number of oxime groups is 1. The molecule has 1 aromatic rings. The van der Waals surface area contributed by atoms with E-state index in [0.29, 0.717) is 5.56 Å². The van der Waals surface area contributed by atoms with Gasteiger partial charge in [0.1, 0.15) is 5.82 Å². The standard InChI is InChI=1S/C12H18N4O/c1-8-6-9(8)7-16(2)12-10(11(13)15-17)4-3-5-14-12/h3-5,8-9,17H,6-7H2,1-2H3,(H2,13,15). The maximum atomic E-state index is 8.75. The van der Waals surface area contributed by atoms with Crippen molar-refractivity contribution < 1.29 is 5.21 Å². The quantitative estimate of drug-likeness (QED) is 0.356. The van der Waals surface area contributed by atoms with Gasteiger partial charge in [0.25, 0.3) is 0 Å². The summed E-state index contributed by atoms with van der Waals surface area (Å²) in [6.07, 6.45) is 2.99. The van der Waals surface area contributed by atoms with Crippen molar-refractivity contribution in [1.29, 1.82) is 0 Å². The summed E-state index contributed by atoms with van der Waals surface area (Å²) in [4.78, 5) is 6.38. The number of hydrogen-bond acceptors (Lipinski definition) is 4. The molecule has 1 heterocycles. The minimum Gasteiger partial charge on any atom is -0.409 e. The number of nitrogens with zero attached hydrogens (tertiary/aromatic N) is 3. The molecule has 5 heteroatoms. The number of anilines is 1. The average molecular weight is 234 g/mol. The molecule has 2 atom stereocenters. The maximum Gasteiger partial charge on any atom is 0.173 e. The topological polar surface area (TPSA) is 74.7 Å². The predicted octanol–water partition coefficient (Wildman–Crippen LogP) is 1.27. The van der Waals surface area contributed by atoms with Gasteiger partial charge in [-0.05, 0) is 30.4 Å². The van der Waals surface area contributed by atoms with Crippen LogP contribution in [0.15, 0.2) is 23.5 Å². The van der Waals surface area contributed by atoms with Crippen LogP contribution in [0, 0.1) is 11.8 Å². The van der Waals surface area contributed by atoms with Crippen LogP contribution in [0.5, 0.6) is 0 Å². The van der Waals surface area contributed by atoms with Gasteiger partial charge in [-0.15, -0.1) is 0 Å². The van der Waals surface area contributed by atoms with Crippen molar-refractivity contribution in [3.8, 4) is 0 Å². The molecule has 0 amide bonds. The van der Waals surface area contributed by atoms with Gasteiger partial charge in [0, 0.05) is 19.8 Å². The molecule has 0 aromatic carbocycles. The van der Waals surface area contributed by atoms with Crippen LogP contribution in [0.3, 0.4) is 0 Å². The van der Waals surface area contributed by atoms with Crippen LogP contribution in [-0.4, -0.2) is 29.6 Å². The third-order valence-corrected chi connectivity index (χ3v) is 3.32. The highest BCUT2D eigenvalue weighted by atomic mass is 16.4. The van der Waals surface area contributed by atoms with E-state index in [0.717, 1.165) is 24.2 Å². The van der Waals surface area contributed by atoms with E-state index in [1.165, 1.54) is 6.42 Å². The number of nitrogens with two attached hydrogens (primary N) is 1. The zero-order valence-corrected chi connectivity index (χ0v) is 10.2. The smallest absolute Gasteiger partial charge is 0.173 e. The van der Waals surface area contributed by atoms with E-state index in [1.807, 2.05) is 13.1 Å². The molecule has 0 bridgehead atoms. The Morgan fingerprint density at radius 1 is 1.71 bits per heavy atom. The molecule has 1 fully saturated rings. The number of aromatic nitrogens is 1. The van der Waals surface area contributed by atoms with E-state index < -0.39 is 0 Å². The minimum absolute atomic E-state index is 0.101. The van der Waals surface area contributed by atoms with E-state index in [4.69, 9.17) is 10.9 Å². The molecule has 17 heavy (non-hydrogen) atoms. The second-order valence-corrected chi connectivity index (χ2v) is 4.71. The number of amidine groups is 1. The Kier molecular flexibility index (Phi) is 3.17. The van der Waals surface area contributed by atoms with Crippen LogP contribution in [0.4, 0.5) is 5.82 Å². The van der Waals surface area contributed by atoms with E-state index in [9.17, 15) is 0 Å². The third kappa shape index (κ3) is 2.49. The van der Waals surface area contributed by atoms with Crippen LogP contribution in [0.2, 0.25) is 0 Å².